The van der Waals surface area contributed by atoms with Gasteiger partial charge in [-0.1, -0.05) is 18.2 Å². The number of aromatic nitrogens is 2. The van der Waals surface area contributed by atoms with Gasteiger partial charge in [0.2, 0.25) is 5.91 Å². The van der Waals surface area contributed by atoms with Crippen molar-refractivity contribution in [1.82, 2.24) is 14.7 Å². The number of para-hydroxylation sites is 1. The monoisotopic (exact) mass is 344 g/mol. The second-order valence-corrected chi connectivity index (χ2v) is 4.78. The molecule has 0 aliphatic carbocycles. The maximum absolute atomic E-state index is 12.0. The number of benzene rings is 1. The van der Waals surface area contributed by atoms with Crippen LogP contribution in [0.4, 0.5) is 5.69 Å². The number of amides is 1. The van der Waals surface area contributed by atoms with Crippen molar-refractivity contribution in [2.45, 2.75) is 19.4 Å². The molecule has 1 aromatic heterocycles. The third kappa shape index (κ3) is 5.95. The predicted octanol–water partition coefficient (Wildman–Crippen LogP) is 2.40. The lowest BCUT2D eigenvalue weighted by molar-refractivity contribution is -0.130. The summed E-state index contributed by atoms with van der Waals surface area (Å²) in [7, 11) is 1.82. The minimum absolute atomic E-state index is 0. The van der Waals surface area contributed by atoms with Gasteiger partial charge in [0.1, 0.15) is 0 Å². The van der Waals surface area contributed by atoms with E-state index >= 15 is 0 Å². The van der Waals surface area contributed by atoms with Crippen molar-refractivity contribution in [3.63, 3.8) is 0 Å². The van der Waals surface area contributed by atoms with Crippen LogP contribution in [0.3, 0.4) is 0 Å². The third-order valence-electron chi connectivity index (χ3n) is 3.31. The topological polar surface area (TPSA) is 64.2 Å². The van der Waals surface area contributed by atoms with Crippen LogP contribution in [0.15, 0.2) is 42.7 Å². The summed E-state index contributed by atoms with van der Waals surface area (Å²) in [6.45, 7) is 1.37. The standard InChI is InChI=1S/C15H20N4O.2ClH/c1-18(11-12-19-10-4-9-17-19)15(20)8-7-13-5-2-3-6-14(13)16;;/h2-6,9-10H,7-8,11-12,16H2,1H3;2*1H. The van der Waals surface area contributed by atoms with Crippen LogP contribution in [-0.2, 0) is 17.8 Å². The highest BCUT2D eigenvalue weighted by molar-refractivity contribution is 5.85. The van der Waals surface area contributed by atoms with Crippen LogP contribution >= 0.6 is 24.8 Å². The number of carbonyl (C=O) groups is 1. The van der Waals surface area contributed by atoms with Gasteiger partial charge in [-0.3, -0.25) is 9.48 Å². The minimum Gasteiger partial charge on any atom is -0.399 e. The average Bonchev–Trinajstić information content (AvgIpc) is 2.97. The Labute approximate surface area is 143 Å². The number of likely N-dealkylation sites (N-methyl/N-ethyl adjacent to an activating group) is 1. The summed E-state index contributed by atoms with van der Waals surface area (Å²) in [6.07, 6.45) is 4.78. The van der Waals surface area contributed by atoms with Gasteiger partial charge in [0.05, 0.1) is 6.54 Å². The summed E-state index contributed by atoms with van der Waals surface area (Å²) < 4.78 is 1.82. The van der Waals surface area contributed by atoms with Crippen LogP contribution in [-0.4, -0.2) is 34.2 Å². The van der Waals surface area contributed by atoms with E-state index in [-0.39, 0.29) is 30.7 Å². The first-order valence-electron chi connectivity index (χ1n) is 6.71. The Balaban J connectivity index is 0.00000220. The zero-order chi connectivity index (χ0) is 14.4. The fourth-order valence-electron chi connectivity index (χ4n) is 2.00. The Morgan fingerprint density at radius 2 is 2.00 bits per heavy atom. The van der Waals surface area contributed by atoms with E-state index in [4.69, 9.17) is 5.73 Å². The quantitative estimate of drug-likeness (QED) is 0.818. The third-order valence-corrected chi connectivity index (χ3v) is 3.31. The van der Waals surface area contributed by atoms with Gasteiger partial charge in [-0.05, 0) is 24.1 Å². The maximum atomic E-state index is 12.0. The normalized spacial score (nSPS) is 9.50. The second kappa shape index (κ2) is 10.1. The molecule has 5 nitrogen and oxygen atoms in total. The molecule has 0 aliphatic heterocycles. The molecule has 22 heavy (non-hydrogen) atoms. The van der Waals surface area contributed by atoms with Crippen molar-refractivity contribution in [3.05, 3.63) is 48.3 Å². The van der Waals surface area contributed by atoms with Gasteiger partial charge in [0.15, 0.2) is 0 Å². The van der Waals surface area contributed by atoms with Crippen LogP contribution < -0.4 is 5.73 Å². The number of aryl methyl sites for hydroxylation is 1. The summed E-state index contributed by atoms with van der Waals surface area (Å²) in [5.41, 5.74) is 7.65. The first kappa shape index (κ1) is 20.3. The molecule has 0 spiro atoms. The highest BCUT2D eigenvalue weighted by Gasteiger charge is 2.09. The van der Waals surface area contributed by atoms with Gasteiger partial charge in [-0.15, -0.1) is 24.8 Å². The van der Waals surface area contributed by atoms with Crippen molar-refractivity contribution in [2.75, 3.05) is 19.3 Å². The van der Waals surface area contributed by atoms with Crippen LogP contribution in [0.2, 0.25) is 0 Å². The summed E-state index contributed by atoms with van der Waals surface area (Å²) in [5, 5.41) is 4.11. The number of carbonyl (C=O) groups excluding carboxylic acids is 1. The number of rotatable bonds is 6. The lowest BCUT2D eigenvalue weighted by atomic mass is 10.1. The molecule has 0 saturated heterocycles. The van der Waals surface area contributed by atoms with Crippen LogP contribution in [0.5, 0.6) is 0 Å². The first-order chi connectivity index (χ1) is 9.66. The summed E-state index contributed by atoms with van der Waals surface area (Å²) in [5.74, 6) is 0.125. The van der Waals surface area contributed by atoms with Gasteiger partial charge in [0, 0.05) is 38.1 Å². The van der Waals surface area contributed by atoms with Crippen LogP contribution in [0, 0.1) is 0 Å². The predicted molar refractivity (Wildman–Crippen MR) is 93.5 cm³/mol. The molecule has 2 N–H and O–H groups in total. The fraction of sp³-hybridized carbons (Fsp3) is 0.333. The van der Waals surface area contributed by atoms with E-state index in [0.717, 1.165) is 11.3 Å². The first-order valence-corrected chi connectivity index (χ1v) is 6.71. The van der Waals surface area contributed by atoms with E-state index in [1.54, 1.807) is 11.1 Å². The van der Waals surface area contributed by atoms with E-state index in [2.05, 4.69) is 5.10 Å². The zero-order valence-corrected chi connectivity index (χ0v) is 14.1. The van der Waals surface area contributed by atoms with Gasteiger partial charge in [-0.2, -0.15) is 5.10 Å². The molecule has 0 fully saturated rings. The van der Waals surface area contributed by atoms with Crippen molar-refractivity contribution < 1.29 is 4.79 Å². The highest BCUT2D eigenvalue weighted by Crippen LogP contribution is 2.13. The average molecular weight is 345 g/mol. The second-order valence-electron chi connectivity index (χ2n) is 4.78. The SMILES string of the molecule is CN(CCn1cccn1)C(=O)CCc1ccccc1N.Cl.Cl. The van der Waals surface area contributed by atoms with Gasteiger partial charge < -0.3 is 10.6 Å². The van der Waals surface area contributed by atoms with Gasteiger partial charge >= 0.3 is 0 Å². The number of halogens is 2. The Morgan fingerprint density at radius 1 is 1.27 bits per heavy atom. The number of nitrogens with two attached hydrogens (primary N) is 1. The molecule has 0 unspecified atom stereocenters. The zero-order valence-electron chi connectivity index (χ0n) is 12.5. The highest BCUT2D eigenvalue weighted by atomic mass is 35.5. The summed E-state index contributed by atoms with van der Waals surface area (Å²) >= 11 is 0. The molecule has 2 rings (SSSR count). The van der Waals surface area contributed by atoms with Crippen molar-refractivity contribution in [2.24, 2.45) is 0 Å². The van der Waals surface area contributed by atoms with Crippen molar-refractivity contribution in [1.29, 1.82) is 0 Å². The molecule has 7 heteroatoms. The molecule has 1 amide bonds. The van der Waals surface area contributed by atoms with E-state index < -0.39 is 0 Å². The van der Waals surface area contributed by atoms with Crippen LogP contribution in [0.25, 0.3) is 0 Å². The summed E-state index contributed by atoms with van der Waals surface area (Å²) in [4.78, 5) is 13.8. The molecule has 0 saturated carbocycles. The number of nitrogen functional groups attached to an aromatic ring is 1. The number of hydrogen-bond acceptors (Lipinski definition) is 3. The van der Waals surface area contributed by atoms with Crippen LogP contribution in [0.1, 0.15) is 12.0 Å². The summed E-state index contributed by atoms with van der Waals surface area (Å²) in [6, 6.07) is 9.54. The van der Waals surface area contributed by atoms with Crippen molar-refractivity contribution in [3.8, 4) is 0 Å². The molecule has 0 aliphatic rings. The molecule has 1 aromatic carbocycles. The van der Waals surface area contributed by atoms with E-state index in [1.807, 2.05) is 48.3 Å². The molecular formula is C15H22Cl2N4O. The molecule has 0 bridgehead atoms. The Hall–Kier alpha value is -1.72. The molecule has 1 heterocycles. The Morgan fingerprint density at radius 3 is 2.64 bits per heavy atom. The van der Waals surface area contributed by atoms with Gasteiger partial charge in [-0.25, -0.2) is 0 Å². The van der Waals surface area contributed by atoms with Gasteiger partial charge in [0.25, 0.3) is 0 Å². The van der Waals surface area contributed by atoms with E-state index in [1.165, 1.54) is 0 Å². The fourth-order valence-corrected chi connectivity index (χ4v) is 2.00. The Kier molecular flexibility index (Phi) is 9.29. The molecule has 0 radical (unpaired) electrons. The maximum Gasteiger partial charge on any atom is 0.222 e. The number of nitrogens with zero attached hydrogens (tertiary/aromatic N) is 3. The molecular weight excluding hydrogens is 323 g/mol. The number of anilines is 1. The molecule has 2 aromatic rings. The van der Waals surface area contributed by atoms with E-state index in [0.29, 0.717) is 25.9 Å². The number of hydrogen-bond donors (Lipinski definition) is 1. The van der Waals surface area contributed by atoms with E-state index in [9.17, 15) is 4.79 Å². The minimum atomic E-state index is 0. The molecule has 0 atom stereocenters. The Bertz CT molecular complexity index is 560. The van der Waals surface area contributed by atoms with Crippen molar-refractivity contribution >= 4 is 36.4 Å². The largest absolute Gasteiger partial charge is 0.399 e. The lowest BCUT2D eigenvalue weighted by Crippen LogP contribution is -2.30. The lowest BCUT2D eigenvalue weighted by Gasteiger charge is -2.17. The smallest absolute Gasteiger partial charge is 0.222 e. The molecule has 122 valence electrons.